The number of carboxylic acid groups (broad SMARTS) is 2. The van der Waals surface area contributed by atoms with Gasteiger partial charge in [-0.3, -0.25) is 9.59 Å². The molecule has 86 valence electrons. The van der Waals surface area contributed by atoms with Crippen LogP contribution in [0.2, 0.25) is 0 Å². The maximum atomic E-state index is 10.1. The van der Waals surface area contributed by atoms with Crippen LogP contribution >= 0.6 is 11.8 Å². The molecule has 0 rings (SSSR count). The van der Waals surface area contributed by atoms with Crippen molar-refractivity contribution in [3.8, 4) is 0 Å². The van der Waals surface area contributed by atoms with Crippen molar-refractivity contribution in [3.05, 3.63) is 0 Å². The van der Waals surface area contributed by atoms with Crippen LogP contribution in [0.3, 0.4) is 0 Å². The first-order valence-electron chi connectivity index (χ1n) is 4.14. The number of rotatable bonds is 5. The first kappa shape index (κ1) is 20.3. The number of hydrogen-bond donors (Lipinski definition) is 3. The standard InChI is InChI=1S/C5H11NO2S.C3H6O2.Zn/c1-9-3-2-4(6)5(7)8;1-2-3(4)5;/h4H,2-3,6H2,1H3,(H,7,8);2H2,1H3,(H,4,5);. The molecular weight excluding hydrogens is 272 g/mol. The largest absolute Gasteiger partial charge is 0.481 e. The van der Waals surface area contributed by atoms with Gasteiger partial charge >= 0.3 is 11.9 Å². The Morgan fingerprint density at radius 3 is 2.00 bits per heavy atom. The van der Waals surface area contributed by atoms with E-state index in [1.54, 1.807) is 18.7 Å². The number of carbonyl (C=O) groups is 2. The number of carboxylic acids is 2. The Morgan fingerprint density at radius 1 is 1.40 bits per heavy atom. The van der Waals surface area contributed by atoms with Crippen molar-refractivity contribution in [1.82, 2.24) is 0 Å². The fourth-order valence-corrected chi connectivity index (χ4v) is 0.858. The van der Waals surface area contributed by atoms with Gasteiger partial charge in [0.05, 0.1) is 0 Å². The van der Waals surface area contributed by atoms with Crippen LogP contribution in [0.4, 0.5) is 0 Å². The van der Waals surface area contributed by atoms with Gasteiger partial charge in [-0.2, -0.15) is 11.8 Å². The van der Waals surface area contributed by atoms with E-state index in [1.165, 1.54) is 0 Å². The van der Waals surface area contributed by atoms with Crippen molar-refractivity contribution < 1.29 is 39.3 Å². The Hall–Kier alpha value is -0.127. The summed E-state index contributed by atoms with van der Waals surface area (Å²) in [5.74, 6) is -0.845. The zero-order valence-corrected chi connectivity index (χ0v) is 12.9. The van der Waals surface area contributed by atoms with E-state index in [0.717, 1.165) is 5.75 Å². The van der Waals surface area contributed by atoms with E-state index < -0.39 is 18.0 Å². The first-order valence-corrected chi connectivity index (χ1v) is 5.54. The van der Waals surface area contributed by atoms with E-state index in [2.05, 4.69) is 0 Å². The summed E-state index contributed by atoms with van der Waals surface area (Å²) in [7, 11) is 0. The van der Waals surface area contributed by atoms with Gasteiger partial charge in [-0.1, -0.05) is 6.92 Å². The van der Waals surface area contributed by atoms with Gasteiger partial charge in [0.25, 0.3) is 0 Å². The average molecular weight is 289 g/mol. The first-order chi connectivity index (χ1) is 6.45. The number of nitrogens with two attached hydrogens (primary N) is 1. The summed E-state index contributed by atoms with van der Waals surface area (Å²) in [5, 5.41) is 16.0. The predicted molar refractivity (Wildman–Crippen MR) is 56.5 cm³/mol. The minimum absolute atomic E-state index is 0. The topological polar surface area (TPSA) is 101 Å². The quantitative estimate of drug-likeness (QED) is 0.642. The van der Waals surface area contributed by atoms with Gasteiger partial charge in [0.1, 0.15) is 6.04 Å². The maximum Gasteiger partial charge on any atom is 0.320 e. The van der Waals surface area contributed by atoms with Crippen molar-refractivity contribution >= 4 is 23.7 Å². The van der Waals surface area contributed by atoms with E-state index in [0.29, 0.717) is 6.42 Å². The second-order valence-electron chi connectivity index (χ2n) is 2.47. The Kier molecular flexibility index (Phi) is 18.8. The molecule has 0 aliphatic heterocycles. The Morgan fingerprint density at radius 2 is 1.80 bits per heavy atom. The summed E-state index contributed by atoms with van der Waals surface area (Å²) in [6.07, 6.45) is 2.70. The van der Waals surface area contributed by atoms with Gasteiger partial charge in [0.15, 0.2) is 0 Å². The SMILES string of the molecule is CCC(=O)O.CSCCC(N)C(=O)O.[Zn]. The summed E-state index contributed by atoms with van der Waals surface area (Å²) in [4.78, 5) is 19.4. The molecule has 4 N–H and O–H groups in total. The molecule has 0 spiro atoms. The van der Waals surface area contributed by atoms with Gasteiger partial charge < -0.3 is 15.9 Å². The maximum absolute atomic E-state index is 10.1. The molecule has 15 heavy (non-hydrogen) atoms. The smallest absolute Gasteiger partial charge is 0.320 e. The molecule has 5 nitrogen and oxygen atoms in total. The summed E-state index contributed by atoms with van der Waals surface area (Å²) < 4.78 is 0. The zero-order valence-electron chi connectivity index (χ0n) is 9.10. The Labute approximate surface area is 107 Å². The monoisotopic (exact) mass is 287 g/mol. The third-order valence-corrected chi connectivity index (χ3v) is 1.90. The molecule has 0 aliphatic carbocycles. The second-order valence-corrected chi connectivity index (χ2v) is 3.46. The van der Waals surface area contributed by atoms with Crippen molar-refractivity contribution in [2.45, 2.75) is 25.8 Å². The van der Waals surface area contributed by atoms with Crippen LogP contribution in [0.1, 0.15) is 19.8 Å². The molecule has 0 fully saturated rings. The van der Waals surface area contributed by atoms with Gasteiger partial charge in [0.2, 0.25) is 0 Å². The zero-order chi connectivity index (χ0) is 11.6. The van der Waals surface area contributed by atoms with Crippen LogP contribution in [0.5, 0.6) is 0 Å². The van der Waals surface area contributed by atoms with E-state index >= 15 is 0 Å². The molecule has 1 atom stereocenters. The fourth-order valence-electron chi connectivity index (χ4n) is 0.368. The second kappa shape index (κ2) is 13.9. The van der Waals surface area contributed by atoms with Crippen LogP contribution in [-0.4, -0.2) is 40.2 Å². The summed E-state index contributed by atoms with van der Waals surface area (Å²) in [5.41, 5.74) is 5.19. The fraction of sp³-hybridized carbons (Fsp3) is 0.750. The van der Waals surface area contributed by atoms with E-state index in [-0.39, 0.29) is 25.9 Å². The molecule has 0 aromatic rings. The van der Waals surface area contributed by atoms with Crippen LogP contribution in [0.25, 0.3) is 0 Å². The molecule has 0 heterocycles. The van der Waals surface area contributed by atoms with Crippen LogP contribution in [0.15, 0.2) is 0 Å². The third kappa shape index (κ3) is 20.1. The van der Waals surface area contributed by atoms with Gasteiger partial charge in [0, 0.05) is 25.9 Å². The molecule has 0 saturated carbocycles. The van der Waals surface area contributed by atoms with E-state index in [9.17, 15) is 9.59 Å². The van der Waals surface area contributed by atoms with Gasteiger partial charge in [-0.25, -0.2) is 0 Å². The van der Waals surface area contributed by atoms with Crippen LogP contribution in [-0.2, 0) is 29.1 Å². The molecule has 1 unspecified atom stereocenters. The minimum atomic E-state index is -0.913. The molecule has 0 saturated heterocycles. The Bertz CT molecular complexity index is 180. The molecular formula is C8H17NO4SZn. The average Bonchev–Trinajstić information content (AvgIpc) is 2.14. The van der Waals surface area contributed by atoms with Crippen molar-refractivity contribution in [1.29, 1.82) is 0 Å². The number of aliphatic carboxylic acids is 2. The number of hydrogen-bond acceptors (Lipinski definition) is 4. The molecule has 0 bridgehead atoms. The summed E-state index contributed by atoms with van der Waals surface area (Å²) in [6, 6.07) is -0.683. The van der Waals surface area contributed by atoms with E-state index in [1.807, 2.05) is 6.26 Å². The predicted octanol–water partition coefficient (Wildman–Crippen LogP) is 0.630. The summed E-state index contributed by atoms with van der Waals surface area (Å²) in [6.45, 7) is 1.60. The van der Waals surface area contributed by atoms with Crippen LogP contribution < -0.4 is 5.73 Å². The molecule has 0 aromatic heterocycles. The molecule has 7 heteroatoms. The van der Waals surface area contributed by atoms with Crippen molar-refractivity contribution in [2.24, 2.45) is 5.73 Å². The van der Waals surface area contributed by atoms with Gasteiger partial charge in [-0.15, -0.1) is 0 Å². The van der Waals surface area contributed by atoms with Gasteiger partial charge in [-0.05, 0) is 18.4 Å². The van der Waals surface area contributed by atoms with Crippen molar-refractivity contribution in [2.75, 3.05) is 12.0 Å². The summed E-state index contributed by atoms with van der Waals surface area (Å²) >= 11 is 1.60. The van der Waals surface area contributed by atoms with E-state index in [4.69, 9.17) is 15.9 Å². The molecule has 0 radical (unpaired) electrons. The third-order valence-electron chi connectivity index (χ3n) is 1.25. The molecule has 0 aromatic carbocycles. The molecule has 0 amide bonds. The Balaban J connectivity index is -0.000000208. The van der Waals surface area contributed by atoms with Crippen LogP contribution in [0, 0.1) is 0 Å². The number of thioether (sulfide) groups is 1. The minimum Gasteiger partial charge on any atom is -0.481 e. The normalized spacial score (nSPS) is 10.3. The van der Waals surface area contributed by atoms with Crippen molar-refractivity contribution in [3.63, 3.8) is 0 Å². The molecule has 0 aliphatic rings.